The Morgan fingerprint density at radius 3 is 2.89 bits per heavy atom. The number of amides is 1. The smallest absolute Gasteiger partial charge is 0.262 e. The molecule has 1 aromatic heterocycles. The van der Waals surface area contributed by atoms with Crippen LogP contribution in [0.15, 0.2) is 24.3 Å². The van der Waals surface area contributed by atoms with Crippen molar-refractivity contribution >= 4 is 17.5 Å². The van der Waals surface area contributed by atoms with Crippen LogP contribution < -0.4 is 15.0 Å². The van der Waals surface area contributed by atoms with Gasteiger partial charge in [0, 0.05) is 30.5 Å². The zero-order valence-electron chi connectivity index (χ0n) is 16.0. The quantitative estimate of drug-likeness (QED) is 0.870. The number of hydrogen-bond donors (Lipinski definition) is 1. The summed E-state index contributed by atoms with van der Waals surface area (Å²) in [5, 5.41) is 2.62. The molecule has 1 aliphatic heterocycles. The first-order valence-corrected chi connectivity index (χ1v) is 9.20. The van der Waals surface area contributed by atoms with Crippen LogP contribution in [0.25, 0.3) is 0 Å². The minimum absolute atomic E-state index is 0.207. The van der Waals surface area contributed by atoms with E-state index in [-0.39, 0.29) is 18.3 Å². The van der Waals surface area contributed by atoms with Gasteiger partial charge in [0.1, 0.15) is 5.82 Å². The van der Waals surface area contributed by atoms with Gasteiger partial charge in [-0.25, -0.2) is 9.37 Å². The number of aromatic nitrogens is 2. The van der Waals surface area contributed by atoms with Crippen LogP contribution in [-0.2, 0) is 4.79 Å². The van der Waals surface area contributed by atoms with Gasteiger partial charge in [0.25, 0.3) is 5.91 Å². The summed E-state index contributed by atoms with van der Waals surface area (Å²) in [6.45, 7) is 7.40. The molecule has 3 rings (SSSR count). The Kier molecular flexibility index (Phi) is 5.88. The van der Waals surface area contributed by atoms with Gasteiger partial charge in [-0.2, -0.15) is 4.98 Å². The number of piperidine rings is 1. The lowest BCUT2D eigenvalue weighted by molar-refractivity contribution is -0.118. The van der Waals surface area contributed by atoms with Crippen molar-refractivity contribution in [1.29, 1.82) is 0 Å². The van der Waals surface area contributed by atoms with Crippen LogP contribution in [0.5, 0.6) is 5.88 Å². The molecule has 2 aromatic rings. The molecule has 0 saturated carbocycles. The predicted molar refractivity (Wildman–Crippen MR) is 103 cm³/mol. The average molecular weight is 372 g/mol. The van der Waals surface area contributed by atoms with E-state index in [1.807, 2.05) is 6.92 Å². The molecular weight excluding hydrogens is 347 g/mol. The molecule has 0 bridgehead atoms. The number of ether oxygens (including phenoxy) is 1. The van der Waals surface area contributed by atoms with Gasteiger partial charge in [-0.05, 0) is 50.3 Å². The summed E-state index contributed by atoms with van der Waals surface area (Å²) in [5.74, 6) is 0.870. The fourth-order valence-corrected chi connectivity index (χ4v) is 3.12. The maximum atomic E-state index is 13.6. The van der Waals surface area contributed by atoms with Gasteiger partial charge < -0.3 is 15.0 Å². The van der Waals surface area contributed by atoms with Crippen LogP contribution in [0.4, 0.5) is 16.0 Å². The summed E-state index contributed by atoms with van der Waals surface area (Å²) in [7, 11) is 0. The van der Waals surface area contributed by atoms with Gasteiger partial charge >= 0.3 is 0 Å². The number of nitrogens with zero attached hydrogens (tertiary/aromatic N) is 3. The zero-order chi connectivity index (χ0) is 19.4. The molecule has 144 valence electrons. The summed E-state index contributed by atoms with van der Waals surface area (Å²) in [5.41, 5.74) is 1.71. The Morgan fingerprint density at radius 2 is 2.15 bits per heavy atom. The van der Waals surface area contributed by atoms with Crippen molar-refractivity contribution in [3.05, 3.63) is 41.3 Å². The molecule has 1 aromatic carbocycles. The Morgan fingerprint density at radius 1 is 1.33 bits per heavy atom. The Balaban J connectivity index is 1.61. The van der Waals surface area contributed by atoms with E-state index >= 15 is 0 Å². The highest BCUT2D eigenvalue weighted by molar-refractivity contribution is 5.91. The van der Waals surface area contributed by atoms with Gasteiger partial charge in [0.05, 0.1) is 0 Å². The number of carbonyl (C=O) groups is 1. The number of anilines is 2. The van der Waals surface area contributed by atoms with E-state index in [9.17, 15) is 9.18 Å². The molecule has 1 fully saturated rings. The first-order valence-electron chi connectivity index (χ1n) is 9.20. The van der Waals surface area contributed by atoms with Crippen molar-refractivity contribution in [2.45, 2.75) is 33.6 Å². The summed E-state index contributed by atoms with van der Waals surface area (Å²) >= 11 is 0. The molecule has 6 nitrogen and oxygen atoms in total. The van der Waals surface area contributed by atoms with Crippen LogP contribution in [0.1, 0.15) is 31.0 Å². The molecule has 1 unspecified atom stereocenters. The fraction of sp³-hybridized carbons (Fsp3) is 0.450. The first-order chi connectivity index (χ1) is 12.9. The van der Waals surface area contributed by atoms with Crippen LogP contribution in [-0.4, -0.2) is 35.6 Å². The average Bonchev–Trinajstić information content (AvgIpc) is 2.63. The maximum absolute atomic E-state index is 13.6. The molecule has 0 aliphatic carbocycles. The molecule has 1 amide bonds. The zero-order valence-corrected chi connectivity index (χ0v) is 16.0. The number of benzene rings is 1. The summed E-state index contributed by atoms with van der Waals surface area (Å²) in [6.07, 6.45) is 2.33. The van der Waals surface area contributed by atoms with E-state index in [1.165, 1.54) is 12.5 Å². The minimum Gasteiger partial charge on any atom is -0.467 e. The Bertz CT molecular complexity index is 828. The second kappa shape index (κ2) is 8.33. The molecule has 7 heteroatoms. The maximum Gasteiger partial charge on any atom is 0.262 e. The topological polar surface area (TPSA) is 67.3 Å². The van der Waals surface area contributed by atoms with Gasteiger partial charge in [0.15, 0.2) is 6.61 Å². The van der Waals surface area contributed by atoms with Crippen LogP contribution in [0.2, 0.25) is 0 Å². The Labute approximate surface area is 158 Å². The SMILES string of the molecule is Cc1cc(OCC(=O)Nc2ccc(C)c(F)c2)nc(N2CCCC(C)C2)n1. The molecule has 0 spiro atoms. The lowest BCUT2D eigenvalue weighted by Gasteiger charge is -2.31. The van der Waals surface area contributed by atoms with Gasteiger partial charge in [0.2, 0.25) is 11.8 Å². The van der Waals surface area contributed by atoms with Crippen LogP contribution >= 0.6 is 0 Å². The van der Waals surface area contributed by atoms with Crippen molar-refractivity contribution in [1.82, 2.24) is 9.97 Å². The summed E-state index contributed by atoms with van der Waals surface area (Å²) in [4.78, 5) is 23.2. The van der Waals surface area contributed by atoms with Crippen molar-refractivity contribution < 1.29 is 13.9 Å². The third-order valence-corrected chi connectivity index (χ3v) is 4.57. The van der Waals surface area contributed by atoms with Crippen molar-refractivity contribution in [3.8, 4) is 5.88 Å². The molecule has 1 N–H and O–H groups in total. The van der Waals surface area contributed by atoms with Crippen molar-refractivity contribution in [2.24, 2.45) is 5.92 Å². The van der Waals surface area contributed by atoms with Crippen molar-refractivity contribution in [3.63, 3.8) is 0 Å². The number of hydrogen-bond acceptors (Lipinski definition) is 5. The second-order valence-electron chi connectivity index (χ2n) is 7.14. The predicted octanol–water partition coefficient (Wildman–Crippen LogP) is 3.49. The summed E-state index contributed by atoms with van der Waals surface area (Å²) in [6, 6.07) is 6.26. The normalized spacial score (nSPS) is 16.9. The number of nitrogens with one attached hydrogen (secondary N) is 1. The molecule has 1 saturated heterocycles. The number of halogens is 1. The van der Waals surface area contributed by atoms with E-state index in [4.69, 9.17) is 4.74 Å². The fourth-order valence-electron chi connectivity index (χ4n) is 3.12. The third kappa shape index (κ3) is 5.15. The van der Waals surface area contributed by atoms with Gasteiger partial charge in [-0.15, -0.1) is 0 Å². The number of rotatable bonds is 5. The molecule has 27 heavy (non-hydrogen) atoms. The first kappa shape index (κ1) is 19.1. The number of aryl methyl sites for hydroxylation is 2. The van der Waals surface area contributed by atoms with E-state index in [0.717, 1.165) is 25.2 Å². The number of carbonyl (C=O) groups excluding carboxylic acids is 1. The monoisotopic (exact) mass is 372 g/mol. The minimum atomic E-state index is -0.373. The van der Waals surface area contributed by atoms with Gasteiger partial charge in [-0.3, -0.25) is 4.79 Å². The van der Waals surface area contributed by atoms with E-state index in [2.05, 4.69) is 27.1 Å². The van der Waals surface area contributed by atoms with Crippen molar-refractivity contribution in [2.75, 3.05) is 29.9 Å². The second-order valence-corrected chi connectivity index (χ2v) is 7.14. The third-order valence-electron chi connectivity index (χ3n) is 4.57. The highest BCUT2D eigenvalue weighted by atomic mass is 19.1. The van der Waals surface area contributed by atoms with E-state index in [0.29, 0.717) is 29.0 Å². The highest BCUT2D eigenvalue weighted by Crippen LogP contribution is 2.22. The van der Waals surface area contributed by atoms with Crippen LogP contribution in [0.3, 0.4) is 0 Å². The van der Waals surface area contributed by atoms with Gasteiger partial charge in [-0.1, -0.05) is 13.0 Å². The van der Waals surface area contributed by atoms with Crippen LogP contribution in [0, 0.1) is 25.6 Å². The standard InChI is InChI=1S/C20H25FN4O2/c1-13-5-4-8-25(11-13)20-22-15(3)9-19(24-20)27-12-18(26)23-16-7-6-14(2)17(21)10-16/h6-7,9-10,13H,4-5,8,11-12H2,1-3H3,(H,23,26). The molecule has 1 atom stereocenters. The van der Waals surface area contributed by atoms with E-state index in [1.54, 1.807) is 25.1 Å². The molecule has 0 radical (unpaired) electrons. The van der Waals surface area contributed by atoms with E-state index < -0.39 is 0 Å². The summed E-state index contributed by atoms with van der Waals surface area (Å²) < 4.78 is 19.1. The lowest BCUT2D eigenvalue weighted by Crippen LogP contribution is -2.35. The molecule has 2 heterocycles. The largest absolute Gasteiger partial charge is 0.467 e. The lowest BCUT2D eigenvalue weighted by atomic mass is 10.0. The highest BCUT2D eigenvalue weighted by Gasteiger charge is 2.19. The Hall–Kier alpha value is -2.70. The molecular formula is C20H25FN4O2. The molecule has 1 aliphatic rings.